The van der Waals surface area contributed by atoms with Crippen LogP contribution in [-0.4, -0.2) is 48.7 Å². The van der Waals surface area contributed by atoms with E-state index < -0.39 is 23.5 Å². The molecule has 1 rings (SSSR count). The summed E-state index contributed by atoms with van der Waals surface area (Å²) in [7, 11) is 0. The van der Waals surface area contributed by atoms with Gasteiger partial charge in [-0.2, -0.15) is 13.2 Å². The summed E-state index contributed by atoms with van der Waals surface area (Å²) >= 11 is 0. The number of carbonyl (C=O) groups is 1. The summed E-state index contributed by atoms with van der Waals surface area (Å²) in [5.41, 5.74) is 4.53. The number of nitrogens with two attached hydrogens (primary N) is 1. The fraction of sp³-hybridized carbons (Fsp3) is 0.923. The number of rotatable bonds is 6. The zero-order valence-corrected chi connectivity index (χ0v) is 12.1. The molecule has 0 bridgehead atoms. The Kier molecular flexibility index (Phi) is 5.82. The number of hydrogen-bond acceptors (Lipinski definition) is 3. The molecule has 4 nitrogen and oxygen atoms in total. The maximum absolute atomic E-state index is 12.6. The first-order chi connectivity index (χ1) is 9.19. The second-order valence-electron chi connectivity index (χ2n) is 5.72. The average Bonchev–Trinajstić information content (AvgIpc) is 2.35. The van der Waals surface area contributed by atoms with Gasteiger partial charge in [-0.3, -0.25) is 4.79 Å². The average molecular weight is 295 g/mol. The highest BCUT2D eigenvalue weighted by atomic mass is 19.4. The Morgan fingerprint density at radius 1 is 1.35 bits per heavy atom. The van der Waals surface area contributed by atoms with E-state index in [-0.39, 0.29) is 12.8 Å². The zero-order valence-electron chi connectivity index (χ0n) is 12.1. The number of likely N-dealkylation sites (tertiary alicyclic amines) is 1. The van der Waals surface area contributed by atoms with Crippen LogP contribution in [0.2, 0.25) is 0 Å². The van der Waals surface area contributed by atoms with Crippen molar-refractivity contribution < 1.29 is 18.0 Å². The second-order valence-corrected chi connectivity index (χ2v) is 5.72. The molecule has 1 unspecified atom stereocenters. The first kappa shape index (κ1) is 17.2. The Morgan fingerprint density at radius 3 is 2.30 bits per heavy atom. The molecule has 1 amide bonds. The predicted molar refractivity (Wildman–Crippen MR) is 71.1 cm³/mol. The highest BCUT2D eigenvalue weighted by Crippen LogP contribution is 2.34. The molecule has 7 heteroatoms. The van der Waals surface area contributed by atoms with Crippen LogP contribution in [0.4, 0.5) is 13.2 Å². The molecule has 0 spiro atoms. The molecule has 0 saturated carbocycles. The first-order valence-electron chi connectivity index (χ1n) is 7.03. The van der Waals surface area contributed by atoms with Gasteiger partial charge in [-0.1, -0.05) is 6.92 Å². The van der Waals surface area contributed by atoms with Gasteiger partial charge in [-0.15, -0.1) is 0 Å². The Labute approximate surface area is 117 Å². The van der Waals surface area contributed by atoms with E-state index in [9.17, 15) is 18.0 Å². The van der Waals surface area contributed by atoms with Crippen LogP contribution < -0.4 is 11.1 Å². The number of nitrogens with zero attached hydrogens (tertiary/aromatic N) is 1. The Morgan fingerprint density at radius 2 is 1.90 bits per heavy atom. The largest absolute Gasteiger partial charge is 0.391 e. The lowest BCUT2D eigenvalue weighted by molar-refractivity contribution is -0.185. The number of alkyl halides is 3. The molecule has 1 atom stereocenters. The number of hydrogen-bond donors (Lipinski definition) is 2. The van der Waals surface area contributed by atoms with E-state index in [1.807, 2.05) is 11.8 Å². The standard InChI is InChI=1S/C13H24F3N3O/c1-3-6-18-12(2,11(17)20)9-19-7-4-10(5-8-19)13(14,15)16/h10,18H,3-9H2,1-2H3,(H2,17,20). The van der Waals surface area contributed by atoms with Crippen LogP contribution in [0.25, 0.3) is 0 Å². The van der Waals surface area contributed by atoms with E-state index in [2.05, 4.69) is 5.32 Å². The van der Waals surface area contributed by atoms with Crippen LogP contribution in [0.15, 0.2) is 0 Å². The van der Waals surface area contributed by atoms with E-state index in [0.29, 0.717) is 26.2 Å². The van der Waals surface area contributed by atoms with Crippen LogP contribution >= 0.6 is 0 Å². The minimum Gasteiger partial charge on any atom is -0.368 e. The Balaban J connectivity index is 2.54. The molecule has 1 saturated heterocycles. The highest BCUT2D eigenvalue weighted by molar-refractivity contribution is 5.84. The predicted octanol–water partition coefficient (Wildman–Crippen LogP) is 1.50. The molecule has 0 aromatic rings. The number of halogens is 3. The number of carbonyl (C=O) groups excluding carboxylic acids is 1. The van der Waals surface area contributed by atoms with Crippen LogP contribution in [0.1, 0.15) is 33.1 Å². The molecule has 1 fully saturated rings. The minimum absolute atomic E-state index is 0.0894. The van der Waals surface area contributed by atoms with E-state index >= 15 is 0 Å². The number of piperidine rings is 1. The van der Waals surface area contributed by atoms with Crippen molar-refractivity contribution in [2.45, 2.75) is 44.8 Å². The summed E-state index contributed by atoms with van der Waals surface area (Å²) < 4.78 is 37.8. The van der Waals surface area contributed by atoms with Crippen molar-refractivity contribution in [3.63, 3.8) is 0 Å². The summed E-state index contributed by atoms with van der Waals surface area (Å²) in [5, 5.41) is 3.10. The van der Waals surface area contributed by atoms with Gasteiger partial charge in [0.25, 0.3) is 0 Å². The van der Waals surface area contributed by atoms with Gasteiger partial charge in [0.1, 0.15) is 5.54 Å². The highest BCUT2D eigenvalue weighted by Gasteiger charge is 2.42. The van der Waals surface area contributed by atoms with E-state index in [0.717, 1.165) is 6.42 Å². The van der Waals surface area contributed by atoms with Crippen molar-refractivity contribution in [3.05, 3.63) is 0 Å². The molecule has 0 radical (unpaired) electrons. The van der Waals surface area contributed by atoms with Crippen molar-refractivity contribution >= 4 is 5.91 Å². The minimum atomic E-state index is -4.11. The van der Waals surface area contributed by atoms with Gasteiger partial charge in [0.2, 0.25) is 5.91 Å². The smallest absolute Gasteiger partial charge is 0.368 e. The lowest BCUT2D eigenvalue weighted by Crippen LogP contribution is -2.60. The fourth-order valence-corrected chi connectivity index (χ4v) is 2.49. The third kappa shape index (κ3) is 4.63. The molecule has 0 aliphatic carbocycles. The van der Waals surface area contributed by atoms with E-state index in [4.69, 9.17) is 5.73 Å². The third-order valence-corrected chi connectivity index (χ3v) is 3.90. The third-order valence-electron chi connectivity index (χ3n) is 3.90. The molecular formula is C13H24F3N3O. The molecule has 20 heavy (non-hydrogen) atoms. The fourth-order valence-electron chi connectivity index (χ4n) is 2.49. The number of amides is 1. The lowest BCUT2D eigenvalue weighted by Gasteiger charge is -2.38. The van der Waals surface area contributed by atoms with Crippen molar-refractivity contribution in [1.29, 1.82) is 0 Å². The molecule has 118 valence electrons. The molecule has 1 aliphatic rings. The topological polar surface area (TPSA) is 58.4 Å². The van der Waals surface area contributed by atoms with Gasteiger partial charge >= 0.3 is 6.18 Å². The summed E-state index contributed by atoms with van der Waals surface area (Å²) in [4.78, 5) is 13.5. The molecular weight excluding hydrogens is 271 g/mol. The van der Waals surface area contributed by atoms with Crippen LogP contribution in [0, 0.1) is 5.92 Å². The van der Waals surface area contributed by atoms with Gasteiger partial charge in [0.05, 0.1) is 5.92 Å². The van der Waals surface area contributed by atoms with Crippen molar-refractivity contribution in [2.75, 3.05) is 26.2 Å². The van der Waals surface area contributed by atoms with Crippen LogP contribution in [-0.2, 0) is 4.79 Å². The molecule has 1 heterocycles. The maximum atomic E-state index is 12.6. The molecule has 3 N–H and O–H groups in total. The van der Waals surface area contributed by atoms with Gasteiger partial charge in [0, 0.05) is 6.54 Å². The SMILES string of the molecule is CCCNC(C)(CN1CCC(C(F)(F)F)CC1)C(N)=O. The molecule has 1 aliphatic heterocycles. The van der Waals surface area contributed by atoms with Crippen LogP contribution in [0.5, 0.6) is 0 Å². The van der Waals surface area contributed by atoms with Gasteiger partial charge in [-0.05, 0) is 45.8 Å². The van der Waals surface area contributed by atoms with Gasteiger partial charge in [0.15, 0.2) is 0 Å². The summed E-state index contributed by atoms with van der Waals surface area (Å²) in [6.45, 7) is 5.39. The molecule has 0 aromatic carbocycles. The summed E-state index contributed by atoms with van der Waals surface area (Å²) in [6, 6.07) is 0. The van der Waals surface area contributed by atoms with Crippen LogP contribution in [0.3, 0.4) is 0 Å². The quantitative estimate of drug-likeness (QED) is 0.781. The lowest BCUT2D eigenvalue weighted by atomic mass is 9.93. The van der Waals surface area contributed by atoms with Crippen molar-refractivity contribution in [3.8, 4) is 0 Å². The first-order valence-corrected chi connectivity index (χ1v) is 7.03. The van der Waals surface area contributed by atoms with E-state index in [1.165, 1.54) is 0 Å². The number of nitrogens with one attached hydrogen (secondary N) is 1. The van der Waals surface area contributed by atoms with Gasteiger partial charge in [-0.25, -0.2) is 0 Å². The zero-order chi connectivity index (χ0) is 15.4. The maximum Gasteiger partial charge on any atom is 0.391 e. The van der Waals surface area contributed by atoms with Crippen molar-refractivity contribution in [1.82, 2.24) is 10.2 Å². The van der Waals surface area contributed by atoms with Crippen molar-refractivity contribution in [2.24, 2.45) is 11.7 Å². The molecule has 0 aromatic heterocycles. The number of primary amides is 1. The second kappa shape index (κ2) is 6.76. The van der Waals surface area contributed by atoms with E-state index in [1.54, 1.807) is 6.92 Å². The Bertz CT molecular complexity index is 327. The summed E-state index contributed by atoms with van der Waals surface area (Å²) in [5.74, 6) is -1.69. The normalized spacial score (nSPS) is 21.6. The monoisotopic (exact) mass is 295 g/mol. The van der Waals surface area contributed by atoms with Gasteiger partial charge < -0.3 is 16.0 Å². The Hall–Kier alpha value is -0.820. The summed E-state index contributed by atoms with van der Waals surface area (Å²) in [6.07, 6.45) is -3.07.